The van der Waals surface area contributed by atoms with Gasteiger partial charge in [-0.2, -0.15) is 5.26 Å². The average molecular weight is 431 g/mol. The second kappa shape index (κ2) is 9.98. The molecule has 164 valence electrons. The molecule has 4 rings (SSSR count). The minimum absolute atomic E-state index is 0.395. The van der Waals surface area contributed by atoms with Gasteiger partial charge in [-0.3, -0.25) is 4.57 Å². The number of hydrogen-bond donors (Lipinski definition) is 0. The summed E-state index contributed by atoms with van der Waals surface area (Å²) in [6.07, 6.45) is 1.78. The number of rotatable bonds is 7. The third-order valence-electron chi connectivity index (χ3n) is 5.11. The zero-order valence-electron chi connectivity index (χ0n) is 18.2. The van der Waals surface area contributed by atoms with Crippen molar-refractivity contribution in [2.75, 3.05) is 44.9 Å². The summed E-state index contributed by atoms with van der Waals surface area (Å²) in [5, 5.41) is 18.9. The lowest BCUT2D eigenvalue weighted by Gasteiger charge is -2.28. The first-order valence-corrected chi connectivity index (χ1v) is 10.5. The van der Waals surface area contributed by atoms with E-state index in [1.165, 1.54) is 0 Å². The highest BCUT2D eigenvalue weighted by Gasteiger charge is 2.23. The third kappa shape index (κ3) is 4.43. The zero-order valence-corrected chi connectivity index (χ0v) is 18.2. The van der Waals surface area contributed by atoms with E-state index in [1.54, 1.807) is 13.2 Å². The molecule has 2 heterocycles. The van der Waals surface area contributed by atoms with Gasteiger partial charge in [0, 0.05) is 13.1 Å². The Morgan fingerprint density at radius 2 is 1.91 bits per heavy atom. The lowest BCUT2D eigenvalue weighted by molar-refractivity contribution is 0.122. The first kappa shape index (κ1) is 21.4. The number of methoxy groups -OCH3 is 1. The zero-order chi connectivity index (χ0) is 22.3. The van der Waals surface area contributed by atoms with Crippen molar-refractivity contribution in [3.8, 4) is 23.3 Å². The molecule has 0 aliphatic carbocycles. The van der Waals surface area contributed by atoms with Crippen LogP contribution in [0, 0.1) is 11.3 Å². The van der Waals surface area contributed by atoms with Gasteiger partial charge in [0.1, 0.15) is 6.07 Å². The van der Waals surface area contributed by atoms with E-state index in [0.717, 1.165) is 11.3 Å². The van der Waals surface area contributed by atoms with Gasteiger partial charge in [0.05, 0.1) is 38.2 Å². The van der Waals surface area contributed by atoms with E-state index in [4.69, 9.17) is 14.2 Å². The van der Waals surface area contributed by atoms with E-state index in [9.17, 15) is 5.26 Å². The van der Waals surface area contributed by atoms with E-state index in [1.807, 2.05) is 60.0 Å². The van der Waals surface area contributed by atoms with Crippen LogP contribution in [0.5, 0.6) is 11.5 Å². The van der Waals surface area contributed by atoms with Gasteiger partial charge in [-0.1, -0.05) is 24.3 Å². The molecule has 0 bridgehead atoms. The molecule has 2 aromatic carbocycles. The Labute approximate surface area is 187 Å². The fourth-order valence-electron chi connectivity index (χ4n) is 3.60. The van der Waals surface area contributed by atoms with Gasteiger partial charge in [-0.15, -0.1) is 10.2 Å². The number of morpholine rings is 1. The summed E-state index contributed by atoms with van der Waals surface area (Å²) >= 11 is 0. The number of para-hydroxylation sites is 1. The Morgan fingerprint density at radius 3 is 2.59 bits per heavy atom. The predicted molar refractivity (Wildman–Crippen MR) is 122 cm³/mol. The first-order valence-electron chi connectivity index (χ1n) is 10.5. The highest BCUT2D eigenvalue weighted by atomic mass is 16.5. The summed E-state index contributed by atoms with van der Waals surface area (Å²) in [5.74, 6) is 2.44. The third-order valence-corrected chi connectivity index (χ3v) is 5.11. The number of nitriles is 1. The van der Waals surface area contributed by atoms with E-state index in [-0.39, 0.29) is 0 Å². The molecule has 1 aliphatic heterocycles. The fraction of sp³-hybridized carbons (Fsp3) is 0.292. The monoisotopic (exact) mass is 431 g/mol. The second-order valence-corrected chi connectivity index (χ2v) is 7.11. The van der Waals surface area contributed by atoms with Gasteiger partial charge >= 0.3 is 0 Å². The maximum Gasteiger partial charge on any atom is 0.232 e. The van der Waals surface area contributed by atoms with Crippen molar-refractivity contribution in [1.82, 2.24) is 14.8 Å². The molecule has 1 fully saturated rings. The maximum atomic E-state index is 10.0. The van der Waals surface area contributed by atoms with E-state index < -0.39 is 0 Å². The number of ether oxygens (including phenoxy) is 3. The molecule has 1 aliphatic rings. The number of aromatic nitrogens is 3. The molecule has 3 aromatic rings. The largest absolute Gasteiger partial charge is 0.493 e. The smallest absolute Gasteiger partial charge is 0.232 e. The molecule has 8 heteroatoms. The molecule has 0 atom stereocenters. The molecule has 1 saturated heterocycles. The Balaban J connectivity index is 1.79. The van der Waals surface area contributed by atoms with E-state index >= 15 is 0 Å². The normalized spacial score (nSPS) is 14.2. The number of benzene rings is 2. The molecule has 0 spiro atoms. The number of nitrogens with zero attached hydrogens (tertiary/aromatic N) is 5. The lowest BCUT2D eigenvalue weighted by Crippen LogP contribution is -2.38. The van der Waals surface area contributed by atoms with Crippen molar-refractivity contribution in [2.24, 2.45) is 0 Å². The quantitative estimate of drug-likeness (QED) is 0.529. The van der Waals surface area contributed by atoms with Crippen molar-refractivity contribution in [2.45, 2.75) is 6.92 Å². The number of anilines is 1. The van der Waals surface area contributed by atoms with Crippen LogP contribution in [-0.4, -0.2) is 54.8 Å². The Hall–Kier alpha value is -3.83. The highest BCUT2D eigenvalue weighted by Crippen LogP contribution is 2.31. The molecule has 0 amide bonds. The van der Waals surface area contributed by atoms with Crippen molar-refractivity contribution < 1.29 is 14.2 Å². The van der Waals surface area contributed by atoms with Crippen LogP contribution in [0.3, 0.4) is 0 Å². The molecule has 0 N–H and O–H groups in total. The van der Waals surface area contributed by atoms with Gasteiger partial charge in [0.15, 0.2) is 17.3 Å². The lowest BCUT2D eigenvalue weighted by atomic mass is 10.1. The van der Waals surface area contributed by atoms with Gasteiger partial charge < -0.3 is 19.1 Å². The Morgan fingerprint density at radius 1 is 1.12 bits per heavy atom. The van der Waals surface area contributed by atoms with E-state index in [0.29, 0.717) is 61.8 Å². The highest BCUT2D eigenvalue weighted by molar-refractivity contribution is 5.88. The van der Waals surface area contributed by atoms with Crippen LogP contribution >= 0.6 is 0 Å². The van der Waals surface area contributed by atoms with Crippen LogP contribution in [0.4, 0.5) is 5.95 Å². The average Bonchev–Trinajstić information content (AvgIpc) is 3.29. The second-order valence-electron chi connectivity index (χ2n) is 7.11. The van der Waals surface area contributed by atoms with E-state index in [2.05, 4.69) is 21.2 Å². The summed E-state index contributed by atoms with van der Waals surface area (Å²) < 4.78 is 18.4. The molecule has 0 unspecified atom stereocenters. The van der Waals surface area contributed by atoms with Gasteiger partial charge in [0.2, 0.25) is 5.95 Å². The van der Waals surface area contributed by atoms with Crippen LogP contribution in [0.2, 0.25) is 0 Å². The summed E-state index contributed by atoms with van der Waals surface area (Å²) in [6.45, 7) is 5.15. The molecular formula is C24H25N5O3. The van der Waals surface area contributed by atoms with Crippen LogP contribution in [0.1, 0.15) is 18.3 Å². The van der Waals surface area contributed by atoms with Crippen LogP contribution < -0.4 is 14.4 Å². The molecular weight excluding hydrogens is 406 g/mol. The van der Waals surface area contributed by atoms with Crippen molar-refractivity contribution in [3.05, 3.63) is 59.9 Å². The van der Waals surface area contributed by atoms with Crippen LogP contribution in [-0.2, 0) is 4.74 Å². The number of hydrogen-bond acceptors (Lipinski definition) is 7. The standard InChI is InChI=1S/C24H25N5O3/c1-3-32-21-10-9-18(16-22(21)30-2)15-19(17-25)23-26-27-24(28-11-13-31-14-12-28)29(23)20-7-5-4-6-8-20/h4-10,15-16H,3,11-14H2,1-2H3/b19-15+. The molecule has 0 radical (unpaired) electrons. The molecule has 1 aromatic heterocycles. The van der Waals surface area contributed by atoms with Gasteiger partial charge in [-0.25, -0.2) is 0 Å². The van der Waals surface area contributed by atoms with Crippen molar-refractivity contribution in [3.63, 3.8) is 0 Å². The predicted octanol–water partition coefficient (Wildman–Crippen LogP) is 3.58. The minimum Gasteiger partial charge on any atom is -0.493 e. The van der Waals surface area contributed by atoms with Crippen LogP contribution in [0.15, 0.2) is 48.5 Å². The first-order chi connectivity index (χ1) is 15.7. The topological polar surface area (TPSA) is 85.4 Å². The number of allylic oxidation sites excluding steroid dienone is 1. The minimum atomic E-state index is 0.395. The summed E-state index contributed by atoms with van der Waals surface area (Å²) in [7, 11) is 1.59. The van der Waals surface area contributed by atoms with Gasteiger partial charge in [0.25, 0.3) is 0 Å². The molecule has 0 saturated carbocycles. The van der Waals surface area contributed by atoms with Gasteiger partial charge in [-0.05, 0) is 42.8 Å². The Kier molecular flexibility index (Phi) is 6.68. The van der Waals surface area contributed by atoms with Crippen LogP contribution in [0.25, 0.3) is 17.3 Å². The maximum absolute atomic E-state index is 10.0. The summed E-state index contributed by atoms with van der Waals surface area (Å²) in [4.78, 5) is 2.13. The fourth-order valence-corrected chi connectivity index (χ4v) is 3.60. The summed E-state index contributed by atoms with van der Waals surface area (Å²) in [6, 6.07) is 17.7. The molecule has 32 heavy (non-hydrogen) atoms. The Bertz CT molecular complexity index is 1130. The molecule has 8 nitrogen and oxygen atoms in total. The van der Waals surface area contributed by atoms with Crippen molar-refractivity contribution in [1.29, 1.82) is 5.26 Å². The SMILES string of the molecule is CCOc1ccc(/C=C(\C#N)c2nnc(N3CCOCC3)n2-c2ccccc2)cc1OC. The van der Waals surface area contributed by atoms with Crippen molar-refractivity contribution >= 4 is 17.6 Å². The summed E-state index contributed by atoms with van der Waals surface area (Å²) in [5.41, 5.74) is 2.09.